The van der Waals surface area contributed by atoms with Gasteiger partial charge in [-0.1, -0.05) is 83.1 Å². The SMILES string of the molecule is CCCCCCCS(=O)(=O)CCCCCC/C=C/[C@H](C(=O)N[C@@H](Cc1ccc(OCCCC)cc1)C(=O)NC)[C@@](O)(CCOC)C(=O)OC(C)(C)C. The molecule has 3 atom stereocenters. The van der Waals surface area contributed by atoms with Crippen LogP contribution in [0.4, 0.5) is 0 Å². The molecule has 1 rings (SSSR count). The van der Waals surface area contributed by atoms with Crippen molar-refractivity contribution < 1.29 is 42.1 Å². The molecule has 0 aliphatic rings. The summed E-state index contributed by atoms with van der Waals surface area (Å²) in [4.78, 5) is 40.6. The van der Waals surface area contributed by atoms with Gasteiger partial charge in [0.05, 0.1) is 24.0 Å². The number of nitrogens with one attached hydrogen (secondary N) is 2. The molecule has 0 aromatic heterocycles. The Hall–Kier alpha value is -2.96. The summed E-state index contributed by atoms with van der Waals surface area (Å²) in [6.45, 7) is 9.82. The lowest BCUT2D eigenvalue weighted by atomic mass is 9.82. The number of rotatable bonds is 28. The number of esters is 1. The van der Waals surface area contributed by atoms with E-state index in [1.807, 2.05) is 24.3 Å². The van der Waals surface area contributed by atoms with Gasteiger partial charge >= 0.3 is 5.97 Å². The monoisotopic (exact) mass is 752 g/mol. The second kappa shape index (κ2) is 25.1. The Morgan fingerprint density at radius 3 is 2.00 bits per heavy atom. The predicted molar refractivity (Wildman–Crippen MR) is 207 cm³/mol. The van der Waals surface area contributed by atoms with Crippen LogP contribution in [0, 0.1) is 5.92 Å². The van der Waals surface area contributed by atoms with Gasteiger partial charge in [0.25, 0.3) is 0 Å². The van der Waals surface area contributed by atoms with Crippen LogP contribution < -0.4 is 15.4 Å². The van der Waals surface area contributed by atoms with E-state index in [0.717, 1.165) is 63.4 Å². The fourth-order valence-electron chi connectivity index (χ4n) is 5.61. The second-order valence-corrected chi connectivity index (χ2v) is 16.9. The number of benzene rings is 1. The fourth-order valence-corrected chi connectivity index (χ4v) is 7.10. The molecular weight excluding hydrogens is 685 g/mol. The number of carbonyl (C=O) groups is 3. The van der Waals surface area contributed by atoms with Crippen molar-refractivity contribution in [2.45, 2.75) is 142 Å². The third-order valence-corrected chi connectivity index (χ3v) is 10.5. The molecule has 0 aliphatic heterocycles. The van der Waals surface area contributed by atoms with Gasteiger partial charge in [0, 0.05) is 33.6 Å². The lowest BCUT2D eigenvalue weighted by Gasteiger charge is -2.35. The number of allylic oxidation sites excluding steroid dienone is 1. The highest BCUT2D eigenvalue weighted by Crippen LogP contribution is 2.29. The molecule has 0 bridgehead atoms. The number of unbranched alkanes of at least 4 members (excludes halogenated alkanes) is 9. The topological polar surface area (TPSA) is 157 Å². The molecule has 0 spiro atoms. The van der Waals surface area contributed by atoms with Crippen LogP contribution in [0.15, 0.2) is 36.4 Å². The van der Waals surface area contributed by atoms with Crippen molar-refractivity contribution in [2.24, 2.45) is 5.92 Å². The van der Waals surface area contributed by atoms with Crippen LogP contribution in [-0.4, -0.2) is 87.4 Å². The lowest BCUT2D eigenvalue weighted by Crippen LogP contribution is -2.57. The van der Waals surface area contributed by atoms with Gasteiger partial charge in [-0.2, -0.15) is 0 Å². The maximum Gasteiger partial charge on any atom is 0.339 e. The van der Waals surface area contributed by atoms with Crippen molar-refractivity contribution >= 4 is 27.6 Å². The molecule has 0 aliphatic carbocycles. The summed E-state index contributed by atoms with van der Waals surface area (Å²) in [6, 6.07) is 6.30. The van der Waals surface area contributed by atoms with Gasteiger partial charge in [-0.3, -0.25) is 9.59 Å². The third kappa shape index (κ3) is 19.2. The number of methoxy groups -OCH3 is 1. The summed E-state index contributed by atoms with van der Waals surface area (Å²) in [7, 11) is -0.144. The van der Waals surface area contributed by atoms with E-state index in [1.165, 1.54) is 20.2 Å². The zero-order valence-electron chi connectivity index (χ0n) is 33.0. The maximum absolute atomic E-state index is 14.0. The first-order chi connectivity index (χ1) is 24.6. The number of hydrogen-bond acceptors (Lipinski definition) is 9. The molecule has 1 aromatic carbocycles. The first-order valence-electron chi connectivity index (χ1n) is 19.2. The Kier molecular flexibility index (Phi) is 22.7. The summed E-state index contributed by atoms with van der Waals surface area (Å²) in [6.07, 6.45) is 13.5. The minimum absolute atomic E-state index is 0.0272. The van der Waals surface area contributed by atoms with E-state index in [-0.39, 0.29) is 31.0 Å². The Morgan fingerprint density at radius 2 is 1.44 bits per heavy atom. The zero-order valence-corrected chi connectivity index (χ0v) is 33.8. The van der Waals surface area contributed by atoms with Crippen LogP contribution in [-0.2, 0) is 40.1 Å². The van der Waals surface area contributed by atoms with Crippen LogP contribution in [0.25, 0.3) is 0 Å². The molecule has 0 saturated heterocycles. The van der Waals surface area contributed by atoms with Crippen molar-refractivity contribution in [2.75, 3.05) is 38.9 Å². The highest BCUT2D eigenvalue weighted by atomic mass is 32.2. The van der Waals surface area contributed by atoms with Crippen LogP contribution in [0.1, 0.15) is 124 Å². The van der Waals surface area contributed by atoms with Crippen LogP contribution in [0.2, 0.25) is 0 Å². The predicted octanol–water partition coefficient (Wildman–Crippen LogP) is 6.26. The van der Waals surface area contributed by atoms with Gasteiger partial charge in [-0.15, -0.1) is 0 Å². The normalized spacial score (nSPS) is 14.4. The number of aliphatic hydroxyl groups is 1. The molecular formula is C40H68N2O9S. The van der Waals surface area contributed by atoms with Gasteiger partial charge in [-0.05, 0) is 70.6 Å². The minimum Gasteiger partial charge on any atom is -0.494 e. The van der Waals surface area contributed by atoms with E-state index in [9.17, 15) is 27.9 Å². The molecule has 2 amide bonds. The Bertz CT molecular complexity index is 1310. The second-order valence-electron chi connectivity index (χ2n) is 14.6. The van der Waals surface area contributed by atoms with Crippen molar-refractivity contribution in [1.82, 2.24) is 10.6 Å². The molecule has 0 radical (unpaired) electrons. The van der Waals surface area contributed by atoms with E-state index in [4.69, 9.17) is 14.2 Å². The van der Waals surface area contributed by atoms with Gasteiger partial charge in [0.1, 0.15) is 27.2 Å². The van der Waals surface area contributed by atoms with Gasteiger partial charge < -0.3 is 30.0 Å². The Labute approximate surface area is 313 Å². The first kappa shape index (κ1) is 47.1. The molecule has 0 saturated carbocycles. The fraction of sp³-hybridized carbons (Fsp3) is 0.725. The maximum atomic E-state index is 14.0. The quantitative estimate of drug-likeness (QED) is 0.0511. The molecule has 0 unspecified atom stereocenters. The number of ether oxygens (including phenoxy) is 3. The Balaban J connectivity index is 3.10. The van der Waals surface area contributed by atoms with Crippen molar-refractivity contribution in [3.8, 4) is 5.75 Å². The smallest absolute Gasteiger partial charge is 0.339 e. The summed E-state index contributed by atoms with van der Waals surface area (Å²) >= 11 is 0. The first-order valence-corrected chi connectivity index (χ1v) is 21.0. The largest absolute Gasteiger partial charge is 0.494 e. The molecule has 52 heavy (non-hydrogen) atoms. The number of carbonyl (C=O) groups excluding carboxylic acids is 3. The van der Waals surface area contributed by atoms with Crippen LogP contribution in [0.5, 0.6) is 5.75 Å². The molecule has 0 fully saturated rings. The molecule has 12 heteroatoms. The van der Waals surface area contributed by atoms with E-state index in [0.29, 0.717) is 31.6 Å². The molecule has 11 nitrogen and oxygen atoms in total. The van der Waals surface area contributed by atoms with E-state index in [2.05, 4.69) is 24.5 Å². The van der Waals surface area contributed by atoms with Crippen molar-refractivity contribution in [1.29, 1.82) is 0 Å². The lowest BCUT2D eigenvalue weighted by molar-refractivity contribution is -0.185. The molecule has 0 heterocycles. The highest BCUT2D eigenvalue weighted by molar-refractivity contribution is 7.91. The number of hydrogen-bond donors (Lipinski definition) is 3. The van der Waals surface area contributed by atoms with Crippen molar-refractivity contribution in [3.05, 3.63) is 42.0 Å². The zero-order chi connectivity index (χ0) is 39.0. The number of likely N-dealkylation sites (N-methyl/N-ethyl adjacent to an activating group) is 1. The molecule has 1 aromatic rings. The molecule has 3 N–H and O–H groups in total. The van der Waals surface area contributed by atoms with E-state index in [1.54, 1.807) is 26.8 Å². The van der Waals surface area contributed by atoms with Gasteiger partial charge in [-0.25, -0.2) is 13.2 Å². The van der Waals surface area contributed by atoms with Gasteiger partial charge in [0.15, 0.2) is 5.60 Å². The molecule has 298 valence electrons. The van der Waals surface area contributed by atoms with E-state index >= 15 is 0 Å². The average Bonchev–Trinajstić information content (AvgIpc) is 3.09. The van der Waals surface area contributed by atoms with E-state index < -0.39 is 50.8 Å². The summed E-state index contributed by atoms with van der Waals surface area (Å²) in [5.74, 6) is -2.38. The average molecular weight is 753 g/mol. The van der Waals surface area contributed by atoms with Crippen LogP contribution >= 0.6 is 0 Å². The summed E-state index contributed by atoms with van der Waals surface area (Å²) in [5, 5.41) is 17.3. The minimum atomic E-state index is -3.05. The highest BCUT2D eigenvalue weighted by Gasteiger charge is 2.49. The van der Waals surface area contributed by atoms with Crippen molar-refractivity contribution in [3.63, 3.8) is 0 Å². The number of amides is 2. The number of sulfone groups is 1. The standard InChI is InChI=1S/C40H68N2O9S/c1-8-10-12-16-19-29-52(47,48)30-20-17-14-13-15-18-21-34(40(46,26-28-49-7)38(45)51-39(3,4)5)36(43)42-35(37(44)41-6)31-32-22-24-33(25-23-32)50-27-11-9-2/h18,21-25,34-35,46H,8-17,19-20,26-31H2,1-7H3,(H,41,44)(H,42,43)/b21-18+/t34-,35+,40+/m1/s1. The third-order valence-electron chi connectivity index (χ3n) is 8.71. The summed E-state index contributed by atoms with van der Waals surface area (Å²) < 4.78 is 41.3. The van der Waals surface area contributed by atoms with Crippen LogP contribution in [0.3, 0.4) is 0 Å². The Morgan fingerprint density at radius 1 is 0.846 bits per heavy atom. The summed E-state index contributed by atoms with van der Waals surface area (Å²) in [5.41, 5.74) is -2.45. The van der Waals surface area contributed by atoms with Gasteiger partial charge in [0.2, 0.25) is 11.8 Å².